The summed E-state index contributed by atoms with van der Waals surface area (Å²) >= 11 is 0. The van der Waals surface area contributed by atoms with Crippen LogP contribution in [0.25, 0.3) is 0 Å². The van der Waals surface area contributed by atoms with E-state index in [2.05, 4.69) is 39.5 Å². The van der Waals surface area contributed by atoms with Gasteiger partial charge in [0, 0.05) is 38.8 Å². The summed E-state index contributed by atoms with van der Waals surface area (Å²) in [7, 11) is 0. The normalized spacial score (nSPS) is 12.8. The largest absolute Gasteiger partial charge is 0.302 e. The Bertz CT molecular complexity index is 735. The number of unbranched alkanes of at least 4 members (excludes halogenated alkanes) is 26. The van der Waals surface area contributed by atoms with Crippen LogP contribution < -0.4 is 0 Å². The van der Waals surface area contributed by atoms with Crippen LogP contribution in [-0.4, -0.2) is 36.1 Å². The van der Waals surface area contributed by atoms with Crippen molar-refractivity contribution in [3.05, 3.63) is 0 Å². The Labute approximate surface area is 354 Å². The van der Waals surface area contributed by atoms with E-state index in [1.807, 2.05) is 0 Å². The Morgan fingerprint density at radius 3 is 0.821 bits per heavy atom. The van der Waals surface area contributed by atoms with E-state index < -0.39 is 0 Å². The first-order valence-electron chi connectivity index (χ1n) is 26.3. The summed E-state index contributed by atoms with van der Waals surface area (Å²) in [6.45, 7) is 14.2. The van der Waals surface area contributed by atoms with Crippen LogP contribution in [0.2, 0.25) is 0 Å². The number of carbonyl (C=O) groups is 2. The average molecular weight is 788 g/mol. The lowest BCUT2D eigenvalue weighted by Gasteiger charge is -2.22. The average Bonchev–Trinajstić information content (AvgIpc) is 3.20. The maximum atomic E-state index is 13.3. The van der Waals surface area contributed by atoms with Crippen molar-refractivity contribution in [2.45, 2.75) is 298 Å². The molecule has 56 heavy (non-hydrogen) atoms. The number of hydrogen-bond donors (Lipinski definition) is 0. The Kier molecular flexibility index (Phi) is 44.8. The zero-order valence-corrected chi connectivity index (χ0v) is 39.5. The van der Waals surface area contributed by atoms with Crippen LogP contribution in [0.1, 0.15) is 298 Å². The van der Waals surface area contributed by atoms with Gasteiger partial charge in [-0.15, -0.1) is 0 Å². The fourth-order valence-corrected chi connectivity index (χ4v) is 8.89. The second kappa shape index (κ2) is 45.4. The molecule has 3 nitrogen and oxygen atoms in total. The standard InChI is InChI=1S/C53H105NO2/c1-6-11-16-20-24-26-30-34-39-50(37-32-28-22-18-13-8-3)41-43-52(55)45-48-54(47-36-15-10-5)49-46-53(56)44-42-51(38-33-29-23-19-14-9-4)40-35-31-27-25-21-17-12-7-2/h50-51H,6-49H2,1-5H3. The van der Waals surface area contributed by atoms with E-state index in [9.17, 15) is 9.59 Å². The molecular weight excluding hydrogens is 683 g/mol. The minimum atomic E-state index is 0.458. The molecule has 0 aliphatic rings. The number of hydrogen-bond acceptors (Lipinski definition) is 3. The van der Waals surface area contributed by atoms with Gasteiger partial charge < -0.3 is 4.90 Å². The van der Waals surface area contributed by atoms with Crippen LogP contribution in [0.15, 0.2) is 0 Å². The summed E-state index contributed by atoms with van der Waals surface area (Å²) in [5.41, 5.74) is 0. The van der Waals surface area contributed by atoms with Crippen LogP contribution in [0.5, 0.6) is 0 Å². The van der Waals surface area contributed by atoms with Crippen molar-refractivity contribution in [3.63, 3.8) is 0 Å². The first-order valence-corrected chi connectivity index (χ1v) is 26.3. The van der Waals surface area contributed by atoms with E-state index in [1.165, 1.54) is 225 Å². The van der Waals surface area contributed by atoms with E-state index in [4.69, 9.17) is 0 Å². The van der Waals surface area contributed by atoms with E-state index in [1.54, 1.807) is 0 Å². The fourth-order valence-electron chi connectivity index (χ4n) is 8.89. The summed E-state index contributed by atoms with van der Waals surface area (Å²) in [5, 5.41) is 0. The molecule has 0 aromatic heterocycles. The van der Waals surface area contributed by atoms with Gasteiger partial charge in [0.2, 0.25) is 0 Å². The van der Waals surface area contributed by atoms with E-state index in [-0.39, 0.29) is 0 Å². The molecule has 0 spiro atoms. The van der Waals surface area contributed by atoms with Crippen molar-refractivity contribution in [2.24, 2.45) is 11.8 Å². The van der Waals surface area contributed by atoms with Gasteiger partial charge >= 0.3 is 0 Å². The summed E-state index contributed by atoms with van der Waals surface area (Å²) < 4.78 is 0. The molecule has 0 saturated carbocycles. The van der Waals surface area contributed by atoms with Crippen molar-refractivity contribution in [1.29, 1.82) is 0 Å². The molecule has 0 heterocycles. The number of carbonyl (C=O) groups excluding carboxylic acids is 2. The van der Waals surface area contributed by atoms with E-state index in [0.717, 1.165) is 57.2 Å². The molecule has 0 saturated heterocycles. The molecule has 0 rings (SSSR count). The summed E-state index contributed by atoms with van der Waals surface area (Å²) in [6.07, 6.45) is 52.4. The van der Waals surface area contributed by atoms with Crippen molar-refractivity contribution >= 4 is 11.6 Å². The molecule has 0 aromatic carbocycles. The molecule has 2 unspecified atom stereocenters. The van der Waals surface area contributed by atoms with Crippen LogP contribution >= 0.6 is 0 Å². The lowest BCUT2D eigenvalue weighted by Crippen LogP contribution is -2.30. The van der Waals surface area contributed by atoms with Crippen molar-refractivity contribution < 1.29 is 9.59 Å². The van der Waals surface area contributed by atoms with Gasteiger partial charge in [0.15, 0.2) is 0 Å². The highest BCUT2D eigenvalue weighted by molar-refractivity contribution is 5.79. The van der Waals surface area contributed by atoms with Gasteiger partial charge in [-0.3, -0.25) is 9.59 Å². The highest BCUT2D eigenvalue weighted by Crippen LogP contribution is 2.26. The molecule has 0 N–H and O–H groups in total. The molecule has 3 heteroatoms. The lowest BCUT2D eigenvalue weighted by atomic mass is 9.89. The maximum Gasteiger partial charge on any atom is 0.134 e. The second-order valence-corrected chi connectivity index (χ2v) is 18.6. The highest BCUT2D eigenvalue weighted by atomic mass is 16.1. The van der Waals surface area contributed by atoms with Gasteiger partial charge in [-0.1, -0.05) is 253 Å². The molecule has 0 radical (unpaired) electrons. The quantitative estimate of drug-likeness (QED) is 0.0576. The minimum absolute atomic E-state index is 0.458. The van der Waals surface area contributed by atoms with Crippen molar-refractivity contribution in [3.8, 4) is 0 Å². The molecular formula is C53H105NO2. The van der Waals surface area contributed by atoms with Crippen LogP contribution in [-0.2, 0) is 9.59 Å². The first-order chi connectivity index (χ1) is 27.5. The molecule has 0 aliphatic heterocycles. The number of rotatable bonds is 48. The topological polar surface area (TPSA) is 37.4 Å². The van der Waals surface area contributed by atoms with Gasteiger partial charge in [0.05, 0.1) is 0 Å². The number of ketones is 2. The molecule has 334 valence electrons. The summed E-state index contributed by atoms with van der Waals surface area (Å²) in [6, 6.07) is 0. The predicted octanol–water partition coefficient (Wildman–Crippen LogP) is 17.8. The molecule has 2 atom stereocenters. The Hall–Kier alpha value is -0.700. The third-order valence-electron chi connectivity index (χ3n) is 13.0. The summed E-state index contributed by atoms with van der Waals surface area (Å²) in [5.74, 6) is 2.37. The van der Waals surface area contributed by atoms with Gasteiger partial charge in [-0.25, -0.2) is 0 Å². The van der Waals surface area contributed by atoms with Crippen LogP contribution in [0.3, 0.4) is 0 Å². The zero-order valence-electron chi connectivity index (χ0n) is 39.5. The molecule has 0 fully saturated rings. The number of nitrogens with zero attached hydrogens (tertiary/aromatic N) is 1. The highest BCUT2D eigenvalue weighted by Gasteiger charge is 2.16. The SMILES string of the molecule is CCCCCCCCCCC(CCCCCCCC)CCC(=O)CCN(CCCCC)CCC(=O)CCC(CCCCCCCC)CCCCCCCCCC. The van der Waals surface area contributed by atoms with Crippen LogP contribution in [0.4, 0.5) is 0 Å². The minimum Gasteiger partial charge on any atom is -0.302 e. The van der Waals surface area contributed by atoms with Crippen molar-refractivity contribution in [2.75, 3.05) is 19.6 Å². The summed E-state index contributed by atoms with van der Waals surface area (Å²) in [4.78, 5) is 29.1. The molecule has 0 amide bonds. The van der Waals surface area contributed by atoms with Crippen LogP contribution in [0, 0.1) is 11.8 Å². The molecule has 0 bridgehead atoms. The van der Waals surface area contributed by atoms with E-state index in [0.29, 0.717) is 24.4 Å². The van der Waals surface area contributed by atoms with Gasteiger partial charge in [0.25, 0.3) is 0 Å². The molecule has 0 aliphatic carbocycles. The Morgan fingerprint density at radius 1 is 0.286 bits per heavy atom. The van der Waals surface area contributed by atoms with E-state index >= 15 is 0 Å². The number of Topliss-reactive ketones (excluding diaryl/α,β-unsaturated/α-hetero) is 2. The lowest BCUT2D eigenvalue weighted by molar-refractivity contribution is -0.119. The fraction of sp³-hybridized carbons (Fsp3) is 0.962. The van der Waals surface area contributed by atoms with Gasteiger partial charge in [-0.2, -0.15) is 0 Å². The third kappa shape index (κ3) is 40.1. The predicted molar refractivity (Wildman–Crippen MR) is 251 cm³/mol. The third-order valence-corrected chi connectivity index (χ3v) is 13.0. The second-order valence-electron chi connectivity index (χ2n) is 18.6. The first kappa shape index (κ1) is 55.3. The monoisotopic (exact) mass is 788 g/mol. The maximum absolute atomic E-state index is 13.3. The molecule has 0 aromatic rings. The zero-order chi connectivity index (χ0) is 41.0. The Morgan fingerprint density at radius 2 is 0.536 bits per heavy atom. The van der Waals surface area contributed by atoms with Gasteiger partial charge in [-0.05, 0) is 37.6 Å². The van der Waals surface area contributed by atoms with Gasteiger partial charge in [0.1, 0.15) is 11.6 Å². The smallest absolute Gasteiger partial charge is 0.134 e. The Balaban J connectivity index is 4.84. The van der Waals surface area contributed by atoms with Crippen molar-refractivity contribution in [1.82, 2.24) is 4.90 Å².